The molecule has 0 atom stereocenters. The molecule has 0 bridgehead atoms. The number of hydrogen-bond donors (Lipinski definition) is 2. The van der Waals surface area contributed by atoms with Gasteiger partial charge in [0, 0.05) is 31.2 Å². The molecule has 0 unspecified atom stereocenters. The highest BCUT2D eigenvalue weighted by Crippen LogP contribution is 2.35. The van der Waals surface area contributed by atoms with Gasteiger partial charge in [-0.15, -0.1) is 0 Å². The number of halogens is 2. The zero-order valence-corrected chi connectivity index (χ0v) is 17.8. The number of carboxylic acid groups (broad SMARTS) is 1. The largest absolute Gasteiger partial charge is 0.478 e. The van der Waals surface area contributed by atoms with Crippen LogP contribution in [0.15, 0.2) is 42.5 Å². The number of amides is 1. The Balaban J connectivity index is 1.71. The molecule has 8 heteroatoms. The molecule has 156 valence electrons. The molecule has 1 aliphatic rings. The molecule has 6 nitrogen and oxygen atoms in total. The van der Waals surface area contributed by atoms with Gasteiger partial charge in [-0.25, -0.2) is 4.79 Å². The van der Waals surface area contributed by atoms with Gasteiger partial charge in [0.25, 0.3) is 5.91 Å². The molecule has 2 aromatic carbocycles. The second-order valence-corrected chi connectivity index (χ2v) is 8.20. The van der Waals surface area contributed by atoms with Crippen molar-refractivity contribution in [2.45, 2.75) is 18.4 Å². The third-order valence-electron chi connectivity index (χ3n) is 5.73. The van der Waals surface area contributed by atoms with E-state index in [4.69, 9.17) is 27.9 Å². The van der Waals surface area contributed by atoms with Gasteiger partial charge in [-0.2, -0.15) is 0 Å². The Bertz CT molecular complexity index is 1130. The van der Waals surface area contributed by atoms with Crippen LogP contribution in [0, 0.1) is 0 Å². The number of nitrogens with zero attached hydrogens (tertiary/aromatic N) is 1. The lowest BCUT2D eigenvalue weighted by atomic mass is 9.82. The van der Waals surface area contributed by atoms with Crippen LogP contribution in [0.25, 0.3) is 10.9 Å². The van der Waals surface area contributed by atoms with E-state index in [2.05, 4.69) is 5.32 Å². The number of nitrogens with one attached hydrogen (secondary N) is 1. The second kappa shape index (κ2) is 7.95. The summed E-state index contributed by atoms with van der Waals surface area (Å²) >= 11 is 12.5. The van der Waals surface area contributed by atoms with Crippen LogP contribution >= 0.6 is 23.2 Å². The Morgan fingerprint density at radius 3 is 2.40 bits per heavy atom. The van der Waals surface area contributed by atoms with Crippen molar-refractivity contribution in [1.29, 1.82) is 0 Å². The lowest BCUT2D eigenvalue weighted by Crippen LogP contribution is -2.49. The molecule has 1 aliphatic heterocycles. The molecule has 1 fully saturated rings. The van der Waals surface area contributed by atoms with Crippen molar-refractivity contribution in [3.63, 3.8) is 0 Å². The van der Waals surface area contributed by atoms with Crippen molar-refractivity contribution in [3.8, 4) is 0 Å². The number of rotatable bonds is 4. The number of fused-ring (bicyclic) bond motifs is 1. The first-order valence-corrected chi connectivity index (χ1v) is 10.3. The Kier molecular flexibility index (Phi) is 5.49. The van der Waals surface area contributed by atoms with E-state index in [0.717, 1.165) is 11.1 Å². The van der Waals surface area contributed by atoms with Crippen LogP contribution < -0.4 is 5.32 Å². The summed E-state index contributed by atoms with van der Waals surface area (Å²) in [6.45, 7) is 0.995. The summed E-state index contributed by atoms with van der Waals surface area (Å²) in [6, 6.07) is 11.9. The average Bonchev–Trinajstić information content (AvgIpc) is 3.09. The van der Waals surface area contributed by atoms with Gasteiger partial charge in [-0.3, -0.25) is 4.79 Å². The predicted molar refractivity (Wildman–Crippen MR) is 116 cm³/mol. The first kappa shape index (κ1) is 20.7. The summed E-state index contributed by atoms with van der Waals surface area (Å²) in [5.74, 6) is -1.23. The Labute approximate surface area is 183 Å². The maximum atomic E-state index is 13.3. The fraction of sp³-hybridized carbons (Fsp3) is 0.273. The highest BCUT2D eigenvalue weighted by molar-refractivity contribution is 6.45. The molecule has 0 saturated carbocycles. The van der Waals surface area contributed by atoms with Gasteiger partial charge in [0.1, 0.15) is 5.69 Å². The SMILES string of the molecule is Cn1c(C(=O)NC2(c3ccc(C(=O)O)cc3)CCOCC2)cc2c(Cl)c(Cl)ccc21. The van der Waals surface area contributed by atoms with Gasteiger partial charge < -0.3 is 19.7 Å². The molecule has 1 amide bonds. The van der Waals surface area contributed by atoms with Gasteiger partial charge in [0.2, 0.25) is 0 Å². The number of carbonyl (C=O) groups is 2. The maximum Gasteiger partial charge on any atom is 0.335 e. The maximum absolute atomic E-state index is 13.3. The number of benzene rings is 2. The molecular weight excluding hydrogens is 427 g/mol. The minimum absolute atomic E-state index is 0.201. The smallest absolute Gasteiger partial charge is 0.335 e. The van der Waals surface area contributed by atoms with Gasteiger partial charge in [-0.05, 0) is 48.7 Å². The van der Waals surface area contributed by atoms with Crippen LogP contribution in [-0.4, -0.2) is 34.8 Å². The third-order valence-corrected chi connectivity index (χ3v) is 6.55. The Hall–Kier alpha value is -2.54. The number of aromatic nitrogens is 1. The van der Waals surface area contributed by atoms with E-state index in [-0.39, 0.29) is 11.5 Å². The van der Waals surface area contributed by atoms with E-state index in [1.807, 2.05) is 6.07 Å². The number of aromatic carboxylic acids is 1. The minimum atomic E-state index is -0.988. The number of carboxylic acids is 1. The van der Waals surface area contributed by atoms with Crippen molar-refractivity contribution in [1.82, 2.24) is 9.88 Å². The molecule has 2 N–H and O–H groups in total. The molecule has 0 spiro atoms. The predicted octanol–water partition coefficient (Wildman–Crippen LogP) is 4.62. The summed E-state index contributed by atoms with van der Waals surface area (Å²) in [7, 11) is 1.81. The zero-order chi connectivity index (χ0) is 21.5. The van der Waals surface area contributed by atoms with E-state index in [1.165, 1.54) is 0 Å². The molecule has 1 aromatic heterocycles. The van der Waals surface area contributed by atoms with Crippen LogP contribution in [0.2, 0.25) is 10.0 Å². The molecule has 0 aliphatic carbocycles. The van der Waals surface area contributed by atoms with Crippen LogP contribution in [0.1, 0.15) is 39.3 Å². The van der Waals surface area contributed by atoms with Crippen molar-refractivity contribution in [3.05, 3.63) is 69.3 Å². The number of hydrogen-bond acceptors (Lipinski definition) is 3. The van der Waals surface area contributed by atoms with Crippen LogP contribution in [0.4, 0.5) is 0 Å². The molecule has 4 rings (SSSR count). The van der Waals surface area contributed by atoms with Crippen LogP contribution in [0.3, 0.4) is 0 Å². The summed E-state index contributed by atoms with van der Waals surface area (Å²) in [4.78, 5) is 24.5. The van der Waals surface area contributed by atoms with Crippen molar-refractivity contribution < 1.29 is 19.4 Å². The Morgan fingerprint density at radius 1 is 1.10 bits per heavy atom. The molecule has 1 saturated heterocycles. The van der Waals surface area contributed by atoms with Gasteiger partial charge in [0.15, 0.2) is 0 Å². The van der Waals surface area contributed by atoms with Crippen molar-refractivity contribution in [2.24, 2.45) is 7.05 Å². The standard InChI is InChI=1S/C22H20Cl2N2O4/c1-26-17-7-6-16(23)19(24)15(17)12-18(26)20(27)25-22(8-10-30-11-9-22)14-4-2-13(3-5-14)21(28)29/h2-7,12H,8-11H2,1H3,(H,25,27)(H,28,29). The summed E-state index contributed by atoms with van der Waals surface area (Å²) in [5.41, 5.74) is 1.67. The van der Waals surface area contributed by atoms with Gasteiger partial charge in [-0.1, -0.05) is 35.3 Å². The zero-order valence-electron chi connectivity index (χ0n) is 16.2. The highest BCUT2D eigenvalue weighted by atomic mass is 35.5. The first-order chi connectivity index (χ1) is 14.3. The minimum Gasteiger partial charge on any atom is -0.478 e. The normalized spacial score (nSPS) is 15.8. The quantitative estimate of drug-likeness (QED) is 0.612. The monoisotopic (exact) mass is 446 g/mol. The summed E-state index contributed by atoms with van der Waals surface area (Å²) in [6.07, 6.45) is 1.17. The van der Waals surface area contributed by atoms with Crippen LogP contribution in [-0.2, 0) is 17.3 Å². The fourth-order valence-corrected chi connectivity index (χ4v) is 4.37. The molecule has 3 aromatic rings. The van der Waals surface area contributed by atoms with Gasteiger partial charge in [0.05, 0.1) is 21.1 Å². The van der Waals surface area contributed by atoms with E-state index in [1.54, 1.807) is 48.0 Å². The topological polar surface area (TPSA) is 80.6 Å². The highest BCUT2D eigenvalue weighted by Gasteiger charge is 2.37. The fourth-order valence-electron chi connectivity index (χ4n) is 3.99. The number of aryl methyl sites for hydroxylation is 1. The molecule has 0 radical (unpaired) electrons. The van der Waals surface area contributed by atoms with E-state index in [0.29, 0.717) is 47.2 Å². The first-order valence-electron chi connectivity index (χ1n) is 9.50. The van der Waals surface area contributed by atoms with Gasteiger partial charge >= 0.3 is 5.97 Å². The molecule has 2 heterocycles. The molecule has 30 heavy (non-hydrogen) atoms. The average molecular weight is 447 g/mol. The third kappa shape index (κ3) is 3.55. The molecular formula is C22H20Cl2N2O4. The van der Waals surface area contributed by atoms with E-state index >= 15 is 0 Å². The summed E-state index contributed by atoms with van der Waals surface area (Å²) in [5, 5.41) is 13.9. The lowest BCUT2D eigenvalue weighted by molar-refractivity contribution is 0.0342. The second-order valence-electron chi connectivity index (χ2n) is 7.41. The van der Waals surface area contributed by atoms with Crippen molar-refractivity contribution >= 4 is 46.0 Å². The Morgan fingerprint density at radius 2 is 1.77 bits per heavy atom. The van der Waals surface area contributed by atoms with Crippen molar-refractivity contribution in [2.75, 3.05) is 13.2 Å². The van der Waals surface area contributed by atoms with E-state index < -0.39 is 11.5 Å². The van der Waals surface area contributed by atoms with Crippen LogP contribution in [0.5, 0.6) is 0 Å². The lowest BCUT2D eigenvalue weighted by Gasteiger charge is -2.38. The number of carbonyl (C=O) groups excluding carboxylic acids is 1. The number of ether oxygens (including phenoxy) is 1. The summed E-state index contributed by atoms with van der Waals surface area (Å²) < 4.78 is 7.30. The van der Waals surface area contributed by atoms with E-state index in [9.17, 15) is 14.7 Å².